The van der Waals surface area contributed by atoms with E-state index in [0.29, 0.717) is 17.1 Å². The van der Waals surface area contributed by atoms with Crippen LogP contribution in [0.1, 0.15) is 18.0 Å². The summed E-state index contributed by atoms with van der Waals surface area (Å²) in [5.41, 5.74) is 7.43. The van der Waals surface area contributed by atoms with Crippen molar-refractivity contribution in [3.05, 3.63) is 59.1 Å². The van der Waals surface area contributed by atoms with E-state index in [2.05, 4.69) is 16.2 Å². The van der Waals surface area contributed by atoms with Crippen molar-refractivity contribution in [3.63, 3.8) is 0 Å². The average Bonchev–Trinajstić information content (AvgIpc) is 3.05. The summed E-state index contributed by atoms with van der Waals surface area (Å²) in [6.07, 6.45) is 0.533. The van der Waals surface area contributed by atoms with Gasteiger partial charge in [-0.05, 0) is 42.3 Å². The molecule has 0 spiro atoms. The van der Waals surface area contributed by atoms with Gasteiger partial charge < -0.3 is 5.32 Å². The number of primary sulfonamides is 1. The molecule has 1 saturated heterocycles. The SMILES string of the molecule is NS(=O)(=O)c1ccc(NC(=O)C2CC(c3ccccc3Cl)NN2)cc1. The molecule has 2 unspecified atom stereocenters. The highest BCUT2D eigenvalue weighted by atomic mass is 35.5. The number of rotatable bonds is 4. The van der Waals surface area contributed by atoms with E-state index in [1.54, 1.807) is 6.07 Å². The molecule has 9 heteroatoms. The van der Waals surface area contributed by atoms with Crippen molar-refractivity contribution in [2.45, 2.75) is 23.4 Å². The number of sulfonamides is 1. The summed E-state index contributed by atoms with van der Waals surface area (Å²) in [6.45, 7) is 0. The highest BCUT2D eigenvalue weighted by Gasteiger charge is 2.31. The van der Waals surface area contributed by atoms with E-state index in [1.165, 1.54) is 24.3 Å². The minimum Gasteiger partial charge on any atom is -0.325 e. The molecule has 2 aromatic carbocycles. The maximum atomic E-state index is 12.4. The van der Waals surface area contributed by atoms with Gasteiger partial charge in [-0.15, -0.1) is 0 Å². The lowest BCUT2D eigenvalue weighted by Gasteiger charge is -2.12. The first kappa shape index (κ1) is 17.8. The zero-order valence-electron chi connectivity index (χ0n) is 13.1. The Morgan fingerprint density at radius 2 is 1.80 bits per heavy atom. The molecule has 1 heterocycles. The molecule has 2 aromatic rings. The molecule has 3 rings (SSSR count). The van der Waals surface area contributed by atoms with Crippen molar-refractivity contribution < 1.29 is 13.2 Å². The van der Waals surface area contributed by atoms with Gasteiger partial charge in [-0.3, -0.25) is 4.79 Å². The summed E-state index contributed by atoms with van der Waals surface area (Å²) < 4.78 is 22.5. The fourth-order valence-electron chi connectivity index (χ4n) is 2.65. The first-order valence-electron chi connectivity index (χ1n) is 7.54. The van der Waals surface area contributed by atoms with Crippen LogP contribution < -0.4 is 21.3 Å². The van der Waals surface area contributed by atoms with Gasteiger partial charge in [0.2, 0.25) is 15.9 Å². The lowest BCUT2D eigenvalue weighted by atomic mass is 10.0. The molecule has 1 amide bonds. The van der Waals surface area contributed by atoms with E-state index in [9.17, 15) is 13.2 Å². The summed E-state index contributed by atoms with van der Waals surface area (Å²) in [7, 11) is -3.75. The topological polar surface area (TPSA) is 113 Å². The number of benzene rings is 2. The van der Waals surface area contributed by atoms with Crippen LogP contribution in [0.2, 0.25) is 5.02 Å². The highest BCUT2D eigenvalue weighted by Crippen LogP contribution is 2.28. The third-order valence-electron chi connectivity index (χ3n) is 3.95. The molecular formula is C16H17ClN4O3S. The summed E-state index contributed by atoms with van der Waals surface area (Å²) >= 11 is 6.19. The Kier molecular flexibility index (Phi) is 5.07. The molecule has 2 atom stereocenters. The normalized spacial score (nSPS) is 20.4. The zero-order valence-corrected chi connectivity index (χ0v) is 14.6. The van der Waals surface area contributed by atoms with Crippen LogP contribution in [-0.4, -0.2) is 20.4 Å². The number of carbonyl (C=O) groups excluding carboxylic acids is 1. The van der Waals surface area contributed by atoms with Crippen LogP contribution in [0.3, 0.4) is 0 Å². The van der Waals surface area contributed by atoms with Gasteiger partial charge in [-0.2, -0.15) is 0 Å². The Hall–Kier alpha value is -1.97. The summed E-state index contributed by atoms with van der Waals surface area (Å²) in [5, 5.41) is 8.43. The van der Waals surface area contributed by atoms with Gasteiger partial charge in [0.25, 0.3) is 0 Å². The fourth-order valence-corrected chi connectivity index (χ4v) is 3.43. The first-order chi connectivity index (χ1) is 11.8. The molecule has 1 fully saturated rings. The third-order valence-corrected chi connectivity index (χ3v) is 5.22. The molecule has 0 aromatic heterocycles. The maximum absolute atomic E-state index is 12.4. The number of anilines is 1. The Morgan fingerprint density at radius 3 is 2.44 bits per heavy atom. The predicted molar refractivity (Wildman–Crippen MR) is 95.3 cm³/mol. The van der Waals surface area contributed by atoms with Crippen LogP contribution in [-0.2, 0) is 14.8 Å². The minimum atomic E-state index is -3.75. The molecule has 7 nitrogen and oxygen atoms in total. The molecule has 1 aliphatic heterocycles. The predicted octanol–water partition coefficient (Wildman–Crippen LogP) is 1.53. The number of hydrogen-bond acceptors (Lipinski definition) is 5. The van der Waals surface area contributed by atoms with Crippen molar-refractivity contribution in [1.82, 2.24) is 10.9 Å². The van der Waals surface area contributed by atoms with Crippen LogP contribution in [0, 0.1) is 0 Å². The molecule has 132 valence electrons. The van der Waals surface area contributed by atoms with E-state index in [-0.39, 0.29) is 16.8 Å². The maximum Gasteiger partial charge on any atom is 0.242 e. The number of hydrazine groups is 1. The second kappa shape index (κ2) is 7.11. The average molecular weight is 381 g/mol. The molecule has 25 heavy (non-hydrogen) atoms. The molecule has 0 radical (unpaired) electrons. The van der Waals surface area contributed by atoms with Gasteiger partial charge in [0.05, 0.1) is 4.90 Å². The smallest absolute Gasteiger partial charge is 0.242 e. The van der Waals surface area contributed by atoms with Crippen LogP contribution in [0.4, 0.5) is 5.69 Å². The largest absolute Gasteiger partial charge is 0.325 e. The molecule has 0 saturated carbocycles. The third kappa shape index (κ3) is 4.17. The second-order valence-electron chi connectivity index (χ2n) is 5.71. The highest BCUT2D eigenvalue weighted by molar-refractivity contribution is 7.89. The number of nitrogens with two attached hydrogens (primary N) is 1. The number of hydrogen-bond donors (Lipinski definition) is 4. The van der Waals surface area contributed by atoms with Crippen LogP contribution >= 0.6 is 11.6 Å². The van der Waals surface area contributed by atoms with Gasteiger partial charge in [0, 0.05) is 16.8 Å². The van der Waals surface area contributed by atoms with Gasteiger partial charge in [0.15, 0.2) is 0 Å². The molecule has 1 aliphatic rings. The van der Waals surface area contributed by atoms with Gasteiger partial charge in [-0.1, -0.05) is 29.8 Å². The molecule has 0 bridgehead atoms. The van der Waals surface area contributed by atoms with E-state index in [4.69, 9.17) is 16.7 Å². The quantitative estimate of drug-likeness (QED) is 0.642. The van der Waals surface area contributed by atoms with Gasteiger partial charge in [0.1, 0.15) is 6.04 Å². The van der Waals surface area contributed by atoms with E-state index < -0.39 is 16.1 Å². The number of carbonyl (C=O) groups is 1. The van der Waals surface area contributed by atoms with Crippen molar-refractivity contribution in [2.75, 3.05) is 5.32 Å². The number of nitrogens with one attached hydrogen (secondary N) is 3. The van der Waals surface area contributed by atoms with Crippen molar-refractivity contribution >= 4 is 33.2 Å². The monoisotopic (exact) mass is 380 g/mol. The molecule has 5 N–H and O–H groups in total. The van der Waals surface area contributed by atoms with E-state index in [1.807, 2.05) is 18.2 Å². The standard InChI is InChI=1S/C16H17ClN4O3S/c17-13-4-2-1-3-12(13)14-9-15(21-20-14)16(22)19-10-5-7-11(8-6-10)25(18,23)24/h1-8,14-15,20-21H,9H2,(H,19,22)(H2,18,23,24). The van der Waals surface area contributed by atoms with Gasteiger partial charge in [-0.25, -0.2) is 24.4 Å². The van der Waals surface area contributed by atoms with Crippen LogP contribution in [0.15, 0.2) is 53.4 Å². The van der Waals surface area contributed by atoms with Gasteiger partial charge >= 0.3 is 0 Å². The van der Waals surface area contributed by atoms with Crippen LogP contribution in [0.25, 0.3) is 0 Å². The Morgan fingerprint density at radius 1 is 1.12 bits per heavy atom. The number of halogens is 1. The Balaban J connectivity index is 1.64. The zero-order chi connectivity index (χ0) is 18.0. The van der Waals surface area contributed by atoms with Crippen LogP contribution in [0.5, 0.6) is 0 Å². The fraction of sp³-hybridized carbons (Fsp3) is 0.188. The van der Waals surface area contributed by atoms with Crippen molar-refractivity contribution in [2.24, 2.45) is 5.14 Å². The minimum absolute atomic E-state index is 0.00931. The second-order valence-corrected chi connectivity index (χ2v) is 7.68. The summed E-state index contributed by atoms with van der Waals surface area (Å²) in [5.74, 6) is -0.231. The number of amides is 1. The van der Waals surface area contributed by atoms with Crippen molar-refractivity contribution in [3.8, 4) is 0 Å². The molecule has 0 aliphatic carbocycles. The lowest BCUT2D eigenvalue weighted by molar-refractivity contribution is -0.117. The molecular weight excluding hydrogens is 364 g/mol. The van der Waals surface area contributed by atoms with E-state index >= 15 is 0 Å². The Bertz CT molecular complexity index is 887. The lowest BCUT2D eigenvalue weighted by Crippen LogP contribution is -2.39. The Labute approximate surface area is 150 Å². The van der Waals surface area contributed by atoms with Crippen molar-refractivity contribution in [1.29, 1.82) is 0 Å². The summed E-state index contributed by atoms with van der Waals surface area (Å²) in [4.78, 5) is 12.4. The van der Waals surface area contributed by atoms with E-state index in [0.717, 1.165) is 5.56 Å². The summed E-state index contributed by atoms with van der Waals surface area (Å²) in [6, 6.07) is 12.6. The first-order valence-corrected chi connectivity index (χ1v) is 9.46.